The SMILES string of the molecule is Cc1ccc(N2C[C@H](C(C)(C)C)N=C2c2ccccc2P(c2ccccc2)c2ccccc2)cc1. The Labute approximate surface area is 211 Å². The molecule has 4 aromatic carbocycles. The molecule has 4 aromatic rings. The molecular formula is C32H33N2P. The number of hydrogen-bond acceptors (Lipinski definition) is 2. The van der Waals surface area contributed by atoms with E-state index in [1.165, 1.54) is 32.7 Å². The van der Waals surface area contributed by atoms with Gasteiger partial charge in [0.1, 0.15) is 5.84 Å². The van der Waals surface area contributed by atoms with Gasteiger partial charge < -0.3 is 4.90 Å². The van der Waals surface area contributed by atoms with Crippen LogP contribution in [0.5, 0.6) is 0 Å². The summed E-state index contributed by atoms with van der Waals surface area (Å²) in [7, 11) is -0.726. The van der Waals surface area contributed by atoms with Crippen molar-refractivity contribution < 1.29 is 0 Å². The van der Waals surface area contributed by atoms with Crippen LogP contribution in [-0.2, 0) is 0 Å². The van der Waals surface area contributed by atoms with Crippen molar-refractivity contribution in [2.45, 2.75) is 33.7 Å². The van der Waals surface area contributed by atoms with Gasteiger partial charge in [-0.2, -0.15) is 0 Å². The van der Waals surface area contributed by atoms with E-state index < -0.39 is 7.92 Å². The molecule has 176 valence electrons. The fourth-order valence-corrected chi connectivity index (χ4v) is 7.04. The van der Waals surface area contributed by atoms with Crippen LogP contribution >= 0.6 is 7.92 Å². The lowest BCUT2D eigenvalue weighted by Gasteiger charge is -2.28. The maximum absolute atomic E-state index is 5.39. The summed E-state index contributed by atoms with van der Waals surface area (Å²) in [5.41, 5.74) is 3.80. The molecule has 0 aliphatic carbocycles. The molecule has 0 N–H and O–H groups in total. The van der Waals surface area contributed by atoms with Crippen molar-refractivity contribution in [3.63, 3.8) is 0 Å². The molecular weight excluding hydrogens is 443 g/mol. The lowest BCUT2D eigenvalue weighted by atomic mass is 9.87. The summed E-state index contributed by atoms with van der Waals surface area (Å²) in [6.45, 7) is 9.92. The van der Waals surface area contributed by atoms with Gasteiger partial charge in [0.2, 0.25) is 0 Å². The number of benzene rings is 4. The molecule has 0 fully saturated rings. The van der Waals surface area contributed by atoms with Crippen LogP contribution in [0.1, 0.15) is 31.9 Å². The number of hydrogen-bond donors (Lipinski definition) is 0. The first kappa shape index (κ1) is 23.5. The van der Waals surface area contributed by atoms with Crippen molar-refractivity contribution in [2.75, 3.05) is 11.4 Å². The van der Waals surface area contributed by atoms with Crippen LogP contribution < -0.4 is 20.8 Å². The summed E-state index contributed by atoms with van der Waals surface area (Å²) in [5, 5.41) is 4.06. The minimum atomic E-state index is -0.726. The Bertz CT molecular complexity index is 1270. The standard InChI is InChI=1S/C32H33N2P/c1-24-19-21-25(22-20-24)34-23-30(32(2,3)4)33-31(34)28-17-11-12-18-29(28)35(26-13-7-5-8-14-26)27-15-9-6-10-16-27/h5-22,30H,23H2,1-4H3/t30-/m1/s1. The minimum absolute atomic E-state index is 0.0865. The first-order valence-electron chi connectivity index (χ1n) is 12.3. The fraction of sp³-hybridized carbons (Fsp3) is 0.219. The molecule has 0 aromatic heterocycles. The van der Waals surface area contributed by atoms with Crippen LogP contribution in [0.25, 0.3) is 0 Å². The van der Waals surface area contributed by atoms with E-state index in [2.05, 4.69) is 142 Å². The highest BCUT2D eigenvalue weighted by atomic mass is 31.1. The summed E-state index contributed by atoms with van der Waals surface area (Å²) in [4.78, 5) is 7.82. The Hall–Kier alpha value is -3.22. The van der Waals surface area contributed by atoms with Gasteiger partial charge in [0.25, 0.3) is 0 Å². The van der Waals surface area contributed by atoms with Gasteiger partial charge in [-0.15, -0.1) is 0 Å². The monoisotopic (exact) mass is 476 g/mol. The lowest BCUT2D eigenvalue weighted by Crippen LogP contribution is -2.36. The predicted molar refractivity (Wildman–Crippen MR) is 153 cm³/mol. The summed E-state index contributed by atoms with van der Waals surface area (Å²) >= 11 is 0. The second-order valence-corrected chi connectivity index (χ2v) is 12.5. The average molecular weight is 477 g/mol. The number of nitrogens with zero attached hydrogens (tertiary/aromatic N) is 2. The Balaban J connectivity index is 1.68. The van der Waals surface area contributed by atoms with E-state index >= 15 is 0 Å². The average Bonchev–Trinajstić information content (AvgIpc) is 3.32. The van der Waals surface area contributed by atoms with Crippen LogP contribution in [0.3, 0.4) is 0 Å². The highest BCUT2D eigenvalue weighted by molar-refractivity contribution is 7.80. The molecule has 0 saturated heterocycles. The first-order valence-corrected chi connectivity index (χ1v) is 13.7. The van der Waals surface area contributed by atoms with E-state index in [1.807, 2.05) is 0 Å². The third-order valence-electron chi connectivity index (χ3n) is 6.65. The zero-order chi connectivity index (χ0) is 24.4. The van der Waals surface area contributed by atoms with Crippen molar-refractivity contribution in [1.82, 2.24) is 0 Å². The van der Waals surface area contributed by atoms with Gasteiger partial charge >= 0.3 is 0 Å². The van der Waals surface area contributed by atoms with Gasteiger partial charge in [0, 0.05) is 17.8 Å². The quantitative estimate of drug-likeness (QED) is 0.303. The van der Waals surface area contributed by atoms with Crippen molar-refractivity contribution >= 4 is 35.4 Å². The highest BCUT2D eigenvalue weighted by Gasteiger charge is 2.36. The smallest absolute Gasteiger partial charge is 0.136 e. The number of rotatable bonds is 5. The Kier molecular flexibility index (Phi) is 6.58. The maximum Gasteiger partial charge on any atom is 0.136 e. The van der Waals surface area contributed by atoms with E-state index in [0.29, 0.717) is 0 Å². The van der Waals surface area contributed by atoms with Gasteiger partial charge in [-0.05, 0) is 48.3 Å². The third kappa shape index (κ3) is 4.95. The molecule has 1 aliphatic heterocycles. The summed E-state index contributed by atoms with van der Waals surface area (Å²) in [6, 6.07) is 39.9. The van der Waals surface area contributed by atoms with E-state index in [-0.39, 0.29) is 11.5 Å². The van der Waals surface area contributed by atoms with Gasteiger partial charge in [-0.1, -0.05) is 123 Å². The van der Waals surface area contributed by atoms with Crippen molar-refractivity contribution in [1.29, 1.82) is 0 Å². The highest BCUT2D eigenvalue weighted by Crippen LogP contribution is 2.37. The zero-order valence-corrected chi connectivity index (χ0v) is 21.9. The largest absolute Gasteiger partial charge is 0.324 e. The molecule has 1 heterocycles. The lowest BCUT2D eigenvalue weighted by molar-refractivity contribution is 0.337. The van der Waals surface area contributed by atoms with Gasteiger partial charge in [-0.3, -0.25) is 4.99 Å². The predicted octanol–water partition coefficient (Wildman–Crippen LogP) is 6.43. The molecule has 35 heavy (non-hydrogen) atoms. The number of anilines is 1. The normalized spacial score (nSPS) is 16.0. The Morgan fingerprint density at radius 1 is 0.714 bits per heavy atom. The van der Waals surface area contributed by atoms with Crippen molar-refractivity contribution in [2.24, 2.45) is 10.4 Å². The maximum atomic E-state index is 5.39. The number of aliphatic imine (C=N–C) groups is 1. The van der Waals surface area contributed by atoms with Gasteiger partial charge in [0.05, 0.1) is 6.04 Å². The Morgan fingerprint density at radius 3 is 1.83 bits per heavy atom. The van der Waals surface area contributed by atoms with Gasteiger partial charge in [-0.25, -0.2) is 0 Å². The topological polar surface area (TPSA) is 15.6 Å². The number of aryl methyl sites for hydroxylation is 1. The van der Waals surface area contributed by atoms with E-state index in [4.69, 9.17) is 4.99 Å². The molecule has 1 aliphatic rings. The molecule has 5 rings (SSSR count). The minimum Gasteiger partial charge on any atom is -0.324 e. The first-order chi connectivity index (χ1) is 16.9. The molecule has 0 saturated carbocycles. The van der Waals surface area contributed by atoms with E-state index in [0.717, 1.165) is 12.4 Å². The van der Waals surface area contributed by atoms with E-state index in [9.17, 15) is 0 Å². The van der Waals surface area contributed by atoms with Crippen LogP contribution in [0.4, 0.5) is 5.69 Å². The molecule has 1 atom stereocenters. The molecule has 0 unspecified atom stereocenters. The molecule has 0 amide bonds. The summed E-state index contributed by atoms with van der Waals surface area (Å²) in [5.74, 6) is 1.09. The third-order valence-corrected chi connectivity index (χ3v) is 9.15. The second-order valence-electron chi connectivity index (χ2n) is 10.3. The van der Waals surface area contributed by atoms with Crippen molar-refractivity contribution in [3.8, 4) is 0 Å². The van der Waals surface area contributed by atoms with Crippen LogP contribution in [-0.4, -0.2) is 18.4 Å². The molecule has 0 bridgehead atoms. The second kappa shape index (κ2) is 9.80. The zero-order valence-electron chi connectivity index (χ0n) is 21.0. The molecule has 0 spiro atoms. The van der Waals surface area contributed by atoms with Crippen LogP contribution in [0.2, 0.25) is 0 Å². The van der Waals surface area contributed by atoms with Crippen molar-refractivity contribution in [3.05, 3.63) is 120 Å². The molecule has 0 radical (unpaired) electrons. The molecule has 3 heteroatoms. The summed E-state index contributed by atoms with van der Waals surface area (Å²) < 4.78 is 0. The van der Waals surface area contributed by atoms with Gasteiger partial charge in [0.15, 0.2) is 0 Å². The van der Waals surface area contributed by atoms with Crippen LogP contribution in [0, 0.1) is 12.3 Å². The fourth-order valence-electron chi connectivity index (χ4n) is 4.59. The summed E-state index contributed by atoms with van der Waals surface area (Å²) in [6.07, 6.45) is 0. The van der Waals surface area contributed by atoms with E-state index in [1.54, 1.807) is 0 Å². The molecule has 2 nitrogen and oxygen atoms in total. The van der Waals surface area contributed by atoms with Crippen LogP contribution in [0.15, 0.2) is 114 Å². The number of amidine groups is 1. The Morgan fingerprint density at radius 2 is 1.26 bits per heavy atom.